The molecule has 1 heterocycles. The number of halogens is 1. The Labute approximate surface area is 231 Å². The van der Waals surface area contributed by atoms with Gasteiger partial charge in [0.25, 0.3) is 11.8 Å². The Bertz CT molecular complexity index is 1550. The average Bonchev–Trinajstić information content (AvgIpc) is 2.89. The van der Waals surface area contributed by atoms with E-state index in [1.54, 1.807) is 24.3 Å². The summed E-state index contributed by atoms with van der Waals surface area (Å²) in [7, 11) is -4.24. The third-order valence-corrected chi connectivity index (χ3v) is 7.23. The minimum absolute atomic E-state index is 0.0469. The largest absolute Gasteiger partial charge is 0.494 e. The summed E-state index contributed by atoms with van der Waals surface area (Å²) in [4.78, 5) is 39.3. The fourth-order valence-corrected chi connectivity index (χ4v) is 4.79. The van der Waals surface area contributed by atoms with Crippen molar-refractivity contribution >= 4 is 51.3 Å². The Kier molecular flexibility index (Phi) is 8.37. The van der Waals surface area contributed by atoms with E-state index in [1.807, 2.05) is 13.8 Å². The number of ether oxygens (including phenoxy) is 1. The number of hydrogen-bond donors (Lipinski definition) is 1. The van der Waals surface area contributed by atoms with Gasteiger partial charge in [-0.05, 0) is 74.0 Å². The molecule has 0 unspecified atom stereocenters. The van der Waals surface area contributed by atoms with Crippen LogP contribution >= 0.6 is 11.6 Å². The Balaban J connectivity index is 1.65. The van der Waals surface area contributed by atoms with Crippen LogP contribution in [-0.2, 0) is 19.7 Å². The lowest BCUT2D eigenvalue weighted by atomic mass is 10.1. The summed E-state index contributed by atoms with van der Waals surface area (Å²) >= 11 is 6.12. The monoisotopic (exact) mass is 568 g/mol. The molecule has 0 aliphatic carbocycles. The molecule has 4 amide bonds. The molecule has 11 heteroatoms. The first-order valence-electron chi connectivity index (χ1n) is 12.0. The lowest BCUT2D eigenvalue weighted by molar-refractivity contribution is -0.122. The van der Waals surface area contributed by atoms with Crippen LogP contribution < -0.4 is 19.1 Å². The smallest absolute Gasteiger partial charge is 0.339 e. The molecule has 0 bridgehead atoms. The van der Waals surface area contributed by atoms with E-state index < -0.39 is 33.5 Å². The van der Waals surface area contributed by atoms with E-state index in [0.29, 0.717) is 12.4 Å². The molecular formula is C28H25ClN2O7S. The van der Waals surface area contributed by atoms with Gasteiger partial charge in [-0.1, -0.05) is 42.6 Å². The molecule has 1 N–H and O–H groups in total. The molecular weight excluding hydrogens is 544 g/mol. The van der Waals surface area contributed by atoms with Crippen molar-refractivity contribution in [3.8, 4) is 11.5 Å². The third kappa shape index (κ3) is 6.47. The molecule has 1 aliphatic heterocycles. The minimum Gasteiger partial charge on any atom is -0.494 e. The van der Waals surface area contributed by atoms with E-state index in [-0.39, 0.29) is 26.9 Å². The normalized spacial score (nSPS) is 14.9. The van der Waals surface area contributed by atoms with Crippen molar-refractivity contribution in [3.63, 3.8) is 0 Å². The second-order valence-corrected chi connectivity index (χ2v) is 10.7. The quantitative estimate of drug-likeness (QED) is 0.162. The van der Waals surface area contributed by atoms with Gasteiger partial charge in [0.2, 0.25) is 0 Å². The Morgan fingerprint density at radius 3 is 2.33 bits per heavy atom. The molecule has 39 heavy (non-hydrogen) atoms. The maximum absolute atomic E-state index is 13.3. The van der Waals surface area contributed by atoms with E-state index in [9.17, 15) is 22.8 Å². The van der Waals surface area contributed by atoms with Gasteiger partial charge in [0.1, 0.15) is 22.0 Å². The fourth-order valence-electron chi connectivity index (χ4n) is 3.65. The van der Waals surface area contributed by atoms with E-state index in [2.05, 4.69) is 5.32 Å². The van der Waals surface area contributed by atoms with Crippen molar-refractivity contribution in [1.82, 2.24) is 5.32 Å². The van der Waals surface area contributed by atoms with Crippen LogP contribution in [0.4, 0.5) is 10.5 Å². The minimum atomic E-state index is -4.24. The molecule has 3 aromatic carbocycles. The highest BCUT2D eigenvalue weighted by Crippen LogP contribution is 2.30. The van der Waals surface area contributed by atoms with Gasteiger partial charge in [0, 0.05) is 10.6 Å². The van der Waals surface area contributed by atoms with E-state index in [0.717, 1.165) is 29.4 Å². The number of benzene rings is 3. The van der Waals surface area contributed by atoms with Crippen LogP contribution in [0, 0.1) is 6.92 Å². The van der Waals surface area contributed by atoms with Crippen LogP contribution in [0.15, 0.2) is 77.2 Å². The third-order valence-electron chi connectivity index (χ3n) is 5.74. The first-order chi connectivity index (χ1) is 18.6. The zero-order valence-electron chi connectivity index (χ0n) is 21.1. The van der Waals surface area contributed by atoms with Gasteiger partial charge in [0.15, 0.2) is 0 Å². The van der Waals surface area contributed by atoms with Crippen LogP contribution in [0.2, 0.25) is 5.02 Å². The van der Waals surface area contributed by atoms with Gasteiger partial charge < -0.3 is 8.92 Å². The number of nitrogens with zero attached hydrogens (tertiary/aromatic N) is 1. The predicted octanol–water partition coefficient (Wildman–Crippen LogP) is 5.26. The predicted molar refractivity (Wildman–Crippen MR) is 146 cm³/mol. The molecule has 202 valence electrons. The van der Waals surface area contributed by atoms with Crippen LogP contribution in [0.1, 0.15) is 30.9 Å². The second-order valence-electron chi connectivity index (χ2n) is 8.69. The summed E-state index contributed by atoms with van der Waals surface area (Å²) in [5, 5.41) is 2.34. The van der Waals surface area contributed by atoms with Crippen LogP contribution in [0.25, 0.3) is 6.08 Å². The molecule has 4 rings (SSSR count). The topological polar surface area (TPSA) is 119 Å². The first-order valence-corrected chi connectivity index (χ1v) is 13.8. The van der Waals surface area contributed by atoms with Crippen molar-refractivity contribution in [1.29, 1.82) is 0 Å². The lowest BCUT2D eigenvalue weighted by Crippen LogP contribution is -2.54. The molecule has 0 saturated carbocycles. The number of rotatable bonds is 9. The van der Waals surface area contributed by atoms with Gasteiger partial charge in [0.05, 0.1) is 12.3 Å². The van der Waals surface area contributed by atoms with Crippen molar-refractivity contribution in [2.45, 2.75) is 31.6 Å². The van der Waals surface area contributed by atoms with Gasteiger partial charge in [-0.3, -0.25) is 14.9 Å². The second kappa shape index (κ2) is 11.7. The highest BCUT2D eigenvalue weighted by Gasteiger charge is 2.37. The average molecular weight is 569 g/mol. The number of carbonyl (C=O) groups excluding carboxylic acids is 3. The Morgan fingerprint density at radius 2 is 1.67 bits per heavy atom. The van der Waals surface area contributed by atoms with E-state index >= 15 is 0 Å². The van der Waals surface area contributed by atoms with Crippen molar-refractivity contribution in [3.05, 3.63) is 88.5 Å². The summed E-state index contributed by atoms with van der Waals surface area (Å²) in [5.41, 5.74) is 0.706. The van der Waals surface area contributed by atoms with Crippen LogP contribution in [0.5, 0.6) is 11.5 Å². The number of unbranched alkanes of at least 4 members (excludes halogenated alkanes) is 1. The van der Waals surface area contributed by atoms with Crippen LogP contribution in [0.3, 0.4) is 0 Å². The van der Waals surface area contributed by atoms with Gasteiger partial charge in [-0.25, -0.2) is 9.69 Å². The molecule has 0 spiro atoms. The van der Waals surface area contributed by atoms with E-state index in [4.69, 9.17) is 20.5 Å². The molecule has 0 aromatic heterocycles. The van der Waals surface area contributed by atoms with Crippen LogP contribution in [-0.4, -0.2) is 32.9 Å². The maximum atomic E-state index is 13.3. The zero-order chi connectivity index (χ0) is 28.2. The fraction of sp³-hybridized carbons (Fsp3) is 0.179. The molecule has 0 radical (unpaired) electrons. The highest BCUT2D eigenvalue weighted by atomic mass is 35.5. The van der Waals surface area contributed by atoms with Gasteiger partial charge >= 0.3 is 16.1 Å². The summed E-state index contributed by atoms with van der Waals surface area (Å²) in [5.74, 6) is -1.45. The zero-order valence-corrected chi connectivity index (χ0v) is 22.7. The number of nitrogens with one attached hydrogen (secondary N) is 1. The Morgan fingerprint density at radius 1 is 0.974 bits per heavy atom. The summed E-state index contributed by atoms with van der Waals surface area (Å²) < 4.78 is 36.7. The lowest BCUT2D eigenvalue weighted by Gasteiger charge is -2.26. The molecule has 1 saturated heterocycles. The highest BCUT2D eigenvalue weighted by molar-refractivity contribution is 7.87. The summed E-state index contributed by atoms with van der Waals surface area (Å²) in [6.45, 7) is 4.39. The number of aryl methyl sites for hydroxylation is 1. The van der Waals surface area contributed by atoms with Gasteiger partial charge in [-0.15, -0.1) is 0 Å². The Hall–Kier alpha value is -4.15. The van der Waals surface area contributed by atoms with E-state index in [1.165, 1.54) is 42.5 Å². The van der Waals surface area contributed by atoms with Gasteiger partial charge in [-0.2, -0.15) is 8.42 Å². The maximum Gasteiger partial charge on any atom is 0.339 e. The number of carbonyl (C=O) groups is 3. The number of urea groups is 1. The molecule has 1 aliphatic rings. The number of anilines is 1. The molecule has 9 nitrogen and oxygen atoms in total. The summed E-state index contributed by atoms with van der Waals surface area (Å²) in [6, 6.07) is 15.5. The summed E-state index contributed by atoms with van der Waals surface area (Å²) in [6.07, 6.45) is 2.98. The number of amides is 4. The SMILES string of the molecule is CCCCOc1ccc(N2C(=O)NC(=O)/C(=C/c3cc(Cl)ccc3OS(=O)(=O)c3ccc(C)cc3)C2=O)cc1. The first kappa shape index (κ1) is 27.9. The number of imide groups is 2. The molecule has 1 fully saturated rings. The molecule has 3 aromatic rings. The number of hydrogen-bond acceptors (Lipinski definition) is 7. The molecule has 0 atom stereocenters. The number of barbiturate groups is 1. The van der Waals surface area contributed by atoms with Crippen molar-refractivity contribution < 1.29 is 31.7 Å². The standard InChI is InChI=1S/C28H25ClN2O7S/c1-3-4-15-37-22-10-8-21(9-11-22)31-27(33)24(26(32)30-28(31)34)17-19-16-20(29)7-14-25(19)38-39(35,36)23-12-5-18(2)6-13-23/h5-14,16-17H,3-4,15H2,1-2H3,(H,30,32,34)/b24-17-. The van der Waals surface area contributed by atoms with Crippen molar-refractivity contribution in [2.24, 2.45) is 0 Å². The van der Waals surface area contributed by atoms with Crippen molar-refractivity contribution in [2.75, 3.05) is 11.5 Å².